The zero-order valence-corrected chi connectivity index (χ0v) is 18.7. The average molecular weight is 431 g/mol. The van der Waals surface area contributed by atoms with E-state index in [1.165, 1.54) is 24.8 Å². The summed E-state index contributed by atoms with van der Waals surface area (Å²) in [6, 6.07) is 22.4. The van der Waals surface area contributed by atoms with Crippen LogP contribution in [0.25, 0.3) is 16.8 Å². The molecule has 0 aliphatic carbocycles. The van der Waals surface area contributed by atoms with E-state index in [9.17, 15) is 0 Å². The minimum absolute atomic E-state index is 0.634. The molecule has 0 fully saturated rings. The summed E-state index contributed by atoms with van der Waals surface area (Å²) in [6.07, 6.45) is 12.1. The molecule has 1 heterocycles. The van der Waals surface area contributed by atoms with Crippen LogP contribution in [0.3, 0.4) is 0 Å². The molecule has 3 aromatic rings. The van der Waals surface area contributed by atoms with Crippen LogP contribution >= 0.6 is 0 Å². The van der Waals surface area contributed by atoms with Gasteiger partial charge in [0.1, 0.15) is 5.75 Å². The molecule has 0 atom stereocenters. The Kier molecular flexibility index (Phi) is 9.62. The second-order valence-corrected chi connectivity index (χ2v) is 7.90. The third-order valence-corrected chi connectivity index (χ3v) is 5.34. The summed E-state index contributed by atoms with van der Waals surface area (Å²) in [6.45, 7) is 1.54. The van der Waals surface area contributed by atoms with Crippen molar-refractivity contribution in [2.45, 2.75) is 38.5 Å². The van der Waals surface area contributed by atoms with E-state index in [0.717, 1.165) is 49.3 Å². The minimum atomic E-state index is 0.634. The van der Waals surface area contributed by atoms with Gasteiger partial charge >= 0.3 is 0 Å². The van der Waals surface area contributed by atoms with Gasteiger partial charge in [-0.25, -0.2) is 5.84 Å². The Morgan fingerprint density at radius 3 is 2.34 bits per heavy atom. The lowest BCUT2D eigenvalue weighted by Gasteiger charge is -2.15. The third-order valence-electron chi connectivity index (χ3n) is 5.34. The second kappa shape index (κ2) is 13.2. The molecule has 0 spiro atoms. The van der Waals surface area contributed by atoms with Crippen LogP contribution in [-0.2, 0) is 0 Å². The fourth-order valence-corrected chi connectivity index (χ4v) is 3.59. The van der Waals surface area contributed by atoms with Crippen molar-refractivity contribution in [1.82, 2.24) is 9.99 Å². The summed E-state index contributed by atoms with van der Waals surface area (Å²) in [5, 5.41) is 1.67. The van der Waals surface area contributed by atoms with Gasteiger partial charge in [0.2, 0.25) is 0 Å². The van der Waals surface area contributed by atoms with Gasteiger partial charge in [0.15, 0.2) is 0 Å². The van der Waals surface area contributed by atoms with E-state index in [4.69, 9.17) is 16.3 Å². The van der Waals surface area contributed by atoms with E-state index in [2.05, 4.69) is 47.4 Å². The summed E-state index contributed by atoms with van der Waals surface area (Å²) in [4.78, 5) is 4.08. The highest BCUT2D eigenvalue weighted by Crippen LogP contribution is 2.29. The number of aromatic nitrogens is 1. The zero-order chi connectivity index (χ0) is 22.4. The van der Waals surface area contributed by atoms with Gasteiger partial charge in [0, 0.05) is 36.3 Å². The van der Waals surface area contributed by atoms with Crippen LogP contribution in [0, 0.1) is 0 Å². The number of pyridine rings is 1. The maximum atomic E-state index is 6.08. The molecule has 5 heteroatoms. The topological polar surface area (TPSA) is 77.4 Å². The highest BCUT2D eigenvalue weighted by atomic mass is 16.5. The highest BCUT2D eigenvalue weighted by Gasteiger charge is 2.05. The van der Waals surface area contributed by atoms with Crippen molar-refractivity contribution in [1.29, 1.82) is 0 Å². The number of ether oxygens (including phenoxy) is 1. The van der Waals surface area contributed by atoms with E-state index in [1.54, 1.807) is 23.6 Å². The molecule has 0 aliphatic heterocycles. The van der Waals surface area contributed by atoms with Crippen molar-refractivity contribution >= 4 is 5.70 Å². The molecule has 5 nitrogen and oxygen atoms in total. The Morgan fingerprint density at radius 2 is 1.56 bits per heavy atom. The van der Waals surface area contributed by atoms with Crippen LogP contribution in [-0.4, -0.2) is 23.1 Å². The monoisotopic (exact) mass is 430 g/mol. The number of nitrogens with two attached hydrogens (primary N) is 2. The number of rotatable bonds is 13. The van der Waals surface area contributed by atoms with E-state index in [1.807, 2.05) is 24.3 Å². The summed E-state index contributed by atoms with van der Waals surface area (Å²) >= 11 is 0. The number of hydrogen-bond acceptors (Lipinski definition) is 5. The van der Waals surface area contributed by atoms with Crippen LogP contribution in [0.5, 0.6) is 5.75 Å². The first-order valence-corrected chi connectivity index (χ1v) is 11.4. The number of hydrazine groups is 1. The number of nitrogens with zero attached hydrogens (tertiary/aromatic N) is 2. The normalized spacial score (nSPS) is 11.3. The first-order chi connectivity index (χ1) is 15.7. The van der Waals surface area contributed by atoms with Gasteiger partial charge in [0.25, 0.3) is 0 Å². The Labute approximate surface area is 191 Å². The quantitative estimate of drug-likeness (QED) is 0.210. The predicted octanol–water partition coefficient (Wildman–Crippen LogP) is 5.60. The molecule has 0 radical (unpaired) electrons. The van der Waals surface area contributed by atoms with E-state index in [0.29, 0.717) is 5.70 Å². The van der Waals surface area contributed by atoms with Gasteiger partial charge in [-0.2, -0.15) is 0 Å². The standard InChI is InChI=1S/C27H34N4O/c28-26(24-15-12-18-30-21-24)22-31(29)19-10-3-1-2-4-11-20-32-27-17-9-8-16-25(27)23-13-6-5-7-14-23/h5-9,12-18,21-22H,1-4,10-11,19-20,28-29H2/b26-22-. The molecular weight excluding hydrogens is 396 g/mol. The first kappa shape index (κ1) is 23.4. The van der Waals surface area contributed by atoms with E-state index < -0.39 is 0 Å². The SMILES string of the molecule is N/C(=C\N(N)CCCCCCCCOc1ccccc1-c1ccccc1)c1cccnc1. The lowest BCUT2D eigenvalue weighted by molar-refractivity contribution is 0.305. The fourth-order valence-electron chi connectivity index (χ4n) is 3.59. The molecule has 1 aromatic heterocycles. The van der Waals surface area contributed by atoms with Crippen molar-refractivity contribution in [3.05, 3.63) is 90.9 Å². The summed E-state index contributed by atoms with van der Waals surface area (Å²) in [5.41, 5.74) is 9.93. The smallest absolute Gasteiger partial charge is 0.127 e. The van der Waals surface area contributed by atoms with Gasteiger partial charge in [-0.05, 0) is 36.6 Å². The first-order valence-electron chi connectivity index (χ1n) is 11.4. The molecule has 0 saturated heterocycles. The molecule has 3 rings (SSSR count). The number of hydrogen-bond donors (Lipinski definition) is 2. The fraction of sp³-hybridized carbons (Fsp3) is 0.296. The summed E-state index contributed by atoms with van der Waals surface area (Å²) in [5.74, 6) is 7.00. The van der Waals surface area contributed by atoms with Gasteiger partial charge in [0.05, 0.1) is 12.3 Å². The molecule has 0 bridgehead atoms. The Morgan fingerprint density at radius 1 is 0.844 bits per heavy atom. The average Bonchev–Trinajstić information content (AvgIpc) is 2.84. The van der Waals surface area contributed by atoms with Gasteiger partial charge in [-0.1, -0.05) is 74.2 Å². The second-order valence-electron chi connectivity index (χ2n) is 7.90. The summed E-state index contributed by atoms with van der Waals surface area (Å²) < 4.78 is 6.08. The molecule has 168 valence electrons. The third kappa shape index (κ3) is 7.75. The molecule has 2 aromatic carbocycles. The lowest BCUT2D eigenvalue weighted by atomic mass is 10.0. The van der Waals surface area contributed by atoms with Crippen LogP contribution in [0.15, 0.2) is 85.3 Å². The van der Waals surface area contributed by atoms with E-state index in [-0.39, 0.29) is 0 Å². The molecule has 0 unspecified atom stereocenters. The Hall–Kier alpha value is -3.31. The molecule has 0 aliphatic rings. The van der Waals surface area contributed by atoms with Crippen molar-refractivity contribution in [2.24, 2.45) is 11.6 Å². The number of para-hydroxylation sites is 1. The van der Waals surface area contributed by atoms with Crippen molar-refractivity contribution < 1.29 is 4.74 Å². The van der Waals surface area contributed by atoms with Crippen molar-refractivity contribution in [2.75, 3.05) is 13.2 Å². The molecular formula is C27H34N4O. The van der Waals surface area contributed by atoms with Gasteiger partial charge in [-0.15, -0.1) is 0 Å². The Balaban J connectivity index is 1.27. The van der Waals surface area contributed by atoms with E-state index >= 15 is 0 Å². The van der Waals surface area contributed by atoms with Gasteiger partial charge < -0.3 is 15.5 Å². The van der Waals surface area contributed by atoms with Gasteiger partial charge in [-0.3, -0.25) is 4.98 Å². The lowest BCUT2D eigenvalue weighted by Crippen LogP contribution is -2.27. The number of benzene rings is 2. The zero-order valence-electron chi connectivity index (χ0n) is 18.7. The van der Waals surface area contributed by atoms with Crippen LogP contribution in [0.4, 0.5) is 0 Å². The van der Waals surface area contributed by atoms with Crippen LogP contribution in [0.2, 0.25) is 0 Å². The largest absolute Gasteiger partial charge is 0.493 e. The minimum Gasteiger partial charge on any atom is -0.493 e. The molecule has 0 amide bonds. The van der Waals surface area contributed by atoms with Crippen LogP contribution < -0.4 is 16.3 Å². The van der Waals surface area contributed by atoms with Crippen molar-refractivity contribution in [3.8, 4) is 16.9 Å². The number of unbranched alkanes of at least 4 members (excludes halogenated alkanes) is 5. The Bertz CT molecular complexity index is 944. The van der Waals surface area contributed by atoms with Crippen molar-refractivity contribution in [3.63, 3.8) is 0 Å². The maximum absolute atomic E-state index is 6.08. The molecule has 0 saturated carbocycles. The summed E-state index contributed by atoms with van der Waals surface area (Å²) in [7, 11) is 0. The van der Waals surface area contributed by atoms with Crippen LogP contribution in [0.1, 0.15) is 44.1 Å². The molecule has 32 heavy (non-hydrogen) atoms. The predicted molar refractivity (Wildman–Crippen MR) is 132 cm³/mol. The highest BCUT2D eigenvalue weighted by molar-refractivity contribution is 5.70. The molecule has 4 N–H and O–H groups in total. The maximum Gasteiger partial charge on any atom is 0.127 e.